The summed E-state index contributed by atoms with van der Waals surface area (Å²) in [5.41, 5.74) is 7.51. The van der Waals surface area contributed by atoms with E-state index in [1.165, 1.54) is 0 Å². The van der Waals surface area contributed by atoms with E-state index >= 15 is 0 Å². The van der Waals surface area contributed by atoms with Gasteiger partial charge in [0.2, 0.25) is 11.7 Å². The summed E-state index contributed by atoms with van der Waals surface area (Å²) >= 11 is 3.39. The van der Waals surface area contributed by atoms with Crippen LogP contribution >= 0.6 is 15.9 Å². The van der Waals surface area contributed by atoms with Gasteiger partial charge in [-0.15, -0.1) is 0 Å². The highest BCUT2D eigenvalue weighted by atomic mass is 79.9. The van der Waals surface area contributed by atoms with Gasteiger partial charge >= 0.3 is 0 Å². The first-order chi connectivity index (χ1) is 8.11. The lowest BCUT2D eigenvalue weighted by atomic mass is 10.1. The number of hydrogen-bond acceptors (Lipinski definition) is 5. The normalized spacial score (nSPS) is 12.7. The first-order valence-corrected chi connectivity index (χ1v) is 5.87. The summed E-state index contributed by atoms with van der Waals surface area (Å²) in [5, 5.41) is 12.8. The molecular weight excluding hydrogens is 286 g/mol. The van der Waals surface area contributed by atoms with Crippen molar-refractivity contribution >= 4 is 15.9 Å². The number of aromatic nitrogens is 2. The molecule has 3 N–H and O–H groups in total. The zero-order valence-corrected chi connectivity index (χ0v) is 10.8. The third-order valence-corrected chi connectivity index (χ3v) is 2.88. The van der Waals surface area contributed by atoms with Crippen LogP contribution in [0.1, 0.15) is 17.5 Å². The van der Waals surface area contributed by atoms with Gasteiger partial charge in [-0.2, -0.15) is 4.98 Å². The topological polar surface area (TPSA) is 85.2 Å². The summed E-state index contributed by atoms with van der Waals surface area (Å²) in [5.74, 6) is 0.721. The molecule has 5 nitrogen and oxygen atoms in total. The molecule has 2 rings (SSSR count). The number of halogens is 1. The Kier molecular flexibility index (Phi) is 3.56. The summed E-state index contributed by atoms with van der Waals surface area (Å²) in [4.78, 5) is 4.16. The van der Waals surface area contributed by atoms with E-state index in [1.807, 2.05) is 25.1 Å². The van der Waals surface area contributed by atoms with Gasteiger partial charge in [-0.3, -0.25) is 0 Å². The summed E-state index contributed by atoms with van der Waals surface area (Å²) < 4.78 is 5.99. The second-order valence-corrected chi connectivity index (χ2v) is 4.62. The zero-order valence-electron chi connectivity index (χ0n) is 9.22. The Hall–Kier alpha value is -1.24. The molecule has 1 aromatic heterocycles. The number of nitrogens with zero attached hydrogens (tertiary/aromatic N) is 2. The lowest BCUT2D eigenvalue weighted by molar-refractivity contribution is 0.237. The van der Waals surface area contributed by atoms with Crippen molar-refractivity contribution in [3.05, 3.63) is 34.1 Å². The number of rotatable bonds is 3. The number of hydrogen-bond donors (Lipinski definition) is 2. The largest absolute Gasteiger partial charge is 0.394 e. The minimum Gasteiger partial charge on any atom is -0.394 e. The van der Waals surface area contributed by atoms with Crippen LogP contribution in [-0.4, -0.2) is 21.9 Å². The fraction of sp³-hybridized carbons (Fsp3) is 0.273. The van der Waals surface area contributed by atoms with Crippen molar-refractivity contribution in [1.82, 2.24) is 10.1 Å². The monoisotopic (exact) mass is 297 g/mol. The van der Waals surface area contributed by atoms with Crippen molar-refractivity contribution in [3.8, 4) is 11.4 Å². The number of aliphatic hydroxyl groups is 1. The van der Waals surface area contributed by atoms with Crippen LogP contribution in [0.5, 0.6) is 0 Å². The van der Waals surface area contributed by atoms with Gasteiger partial charge in [0, 0.05) is 10.0 Å². The van der Waals surface area contributed by atoms with Crippen molar-refractivity contribution < 1.29 is 9.63 Å². The summed E-state index contributed by atoms with van der Waals surface area (Å²) in [6, 6.07) is 5.15. The first kappa shape index (κ1) is 12.2. The van der Waals surface area contributed by atoms with Crippen LogP contribution in [-0.2, 0) is 0 Å². The SMILES string of the molecule is Cc1cc(Br)ccc1-c1noc(C(N)CO)n1. The minimum absolute atomic E-state index is 0.221. The van der Waals surface area contributed by atoms with Gasteiger partial charge in [-0.1, -0.05) is 21.1 Å². The van der Waals surface area contributed by atoms with Crippen LogP contribution in [0.15, 0.2) is 27.2 Å². The fourth-order valence-electron chi connectivity index (χ4n) is 1.45. The molecule has 0 radical (unpaired) electrons. The first-order valence-electron chi connectivity index (χ1n) is 5.08. The van der Waals surface area contributed by atoms with Crippen molar-refractivity contribution in [2.75, 3.05) is 6.61 Å². The molecule has 2 aromatic rings. The molecule has 90 valence electrons. The highest BCUT2D eigenvalue weighted by Crippen LogP contribution is 2.24. The maximum Gasteiger partial charge on any atom is 0.246 e. The van der Waals surface area contributed by atoms with Gasteiger partial charge in [0.15, 0.2) is 0 Å². The molecule has 0 spiro atoms. The van der Waals surface area contributed by atoms with E-state index in [0.717, 1.165) is 15.6 Å². The standard InChI is InChI=1S/C11H12BrN3O2/c1-6-4-7(12)2-3-8(6)10-14-11(17-15-10)9(13)5-16/h2-4,9,16H,5,13H2,1H3. The van der Waals surface area contributed by atoms with E-state index in [9.17, 15) is 0 Å². The number of nitrogens with two attached hydrogens (primary N) is 1. The van der Waals surface area contributed by atoms with Gasteiger partial charge in [0.05, 0.1) is 6.61 Å². The van der Waals surface area contributed by atoms with E-state index in [2.05, 4.69) is 26.1 Å². The Morgan fingerprint density at radius 2 is 2.29 bits per heavy atom. The Morgan fingerprint density at radius 3 is 2.94 bits per heavy atom. The number of aliphatic hydroxyl groups excluding tert-OH is 1. The second-order valence-electron chi connectivity index (χ2n) is 3.70. The Morgan fingerprint density at radius 1 is 1.53 bits per heavy atom. The average Bonchev–Trinajstić information content (AvgIpc) is 2.77. The highest BCUT2D eigenvalue weighted by molar-refractivity contribution is 9.10. The van der Waals surface area contributed by atoms with Crippen LogP contribution in [0.4, 0.5) is 0 Å². The van der Waals surface area contributed by atoms with Crippen LogP contribution in [0.25, 0.3) is 11.4 Å². The van der Waals surface area contributed by atoms with Gasteiger partial charge in [-0.25, -0.2) is 0 Å². The molecule has 1 aromatic carbocycles. The molecular formula is C11H12BrN3O2. The lowest BCUT2D eigenvalue weighted by Gasteiger charge is -2.01. The second kappa shape index (κ2) is 4.95. The summed E-state index contributed by atoms with van der Waals surface area (Å²) in [6.45, 7) is 1.74. The highest BCUT2D eigenvalue weighted by Gasteiger charge is 2.15. The van der Waals surface area contributed by atoms with Crippen LogP contribution in [0.3, 0.4) is 0 Å². The third kappa shape index (κ3) is 2.54. The van der Waals surface area contributed by atoms with E-state index < -0.39 is 6.04 Å². The molecule has 0 aliphatic heterocycles. The third-order valence-electron chi connectivity index (χ3n) is 2.38. The molecule has 17 heavy (non-hydrogen) atoms. The molecule has 1 unspecified atom stereocenters. The predicted molar refractivity (Wildman–Crippen MR) is 66.2 cm³/mol. The summed E-state index contributed by atoms with van der Waals surface area (Å²) in [6.07, 6.45) is 0. The molecule has 0 aliphatic carbocycles. The van der Waals surface area contributed by atoms with Gasteiger partial charge in [0.25, 0.3) is 0 Å². The molecule has 0 saturated carbocycles. The number of benzene rings is 1. The molecule has 0 amide bonds. The molecule has 0 saturated heterocycles. The molecule has 0 fully saturated rings. The summed E-state index contributed by atoms with van der Waals surface area (Å²) in [7, 11) is 0. The molecule has 1 heterocycles. The van der Waals surface area contributed by atoms with Crippen LogP contribution < -0.4 is 5.73 Å². The van der Waals surface area contributed by atoms with Crippen molar-refractivity contribution in [3.63, 3.8) is 0 Å². The maximum atomic E-state index is 8.90. The smallest absolute Gasteiger partial charge is 0.246 e. The molecule has 1 atom stereocenters. The Bertz CT molecular complexity index is 527. The van der Waals surface area contributed by atoms with Crippen molar-refractivity contribution in [1.29, 1.82) is 0 Å². The number of aryl methyl sites for hydroxylation is 1. The van der Waals surface area contributed by atoms with Gasteiger partial charge < -0.3 is 15.4 Å². The van der Waals surface area contributed by atoms with Gasteiger partial charge in [0.1, 0.15) is 6.04 Å². The zero-order chi connectivity index (χ0) is 12.4. The Labute approximate surface area is 107 Å². The van der Waals surface area contributed by atoms with Gasteiger partial charge in [-0.05, 0) is 30.7 Å². The lowest BCUT2D eigenvalue weighted by Crippen LogP contribution is -2.14. The van der Waals surface area contributed by atoms with E-state index in [-0.39, 0.29) is 12.5 Å². The van der Waals surface area contributed by atoms with Crippen molar-refractivity contribution in [2.45, 2.75) is 13.0 Å². The van der Waals surface area contributed by atoms with Crippen molar-refractivity contribution in [2.24, 2.45) is 5.73 Å². The maximum absolute atomic E-state index is 8.90. The molecule has 6 heteroatoms. The Balaban J connectivity index is 2.37. The van der Waals surface area contributed by atoms with E-state index in [0.29, 0.717) is 5.82 Å². The fourth-order valence-corrected chi connectivity index (χ4v) is 1.93. The van der Waals surface area contributed by atoms with E-state index in [4.69, 9.17) is 15.4 Å². The molecule has 0 aliphatic rings. The average molecular weight is 298 g/mol. The van der Waals surface area contributed by atoms with E-state index in [1.54, 1.807) is 0 Å². The predicted octanol–water partition coefficient (Wildman–Crippen LogP) is 1.80. The molecule has 0 bridgehead atoms. The quantitative estimate of drug-likeness (QED) is 0.902. The van der Waals surface area contributed by atoms with Crippen LogP contribution in [0, 0.1) is 6.92 Å². The van der Waals surface area contributed by atoms with Crippen LogP contribution in [0.2, 0.25) is 0 Å². The minimum atomic E-state index is -0.632.